The molecule has 1 aliphatic heterocycles. The second-order valence-corrected chi connectivity index (χ2v) is 11.9. The lowest BCUT2D eigenvalue weighted by Crippen LogP contribution is -2.54. The molecule has 0 spiro atoms. The minimum atomic E-state index is -5.47. The number of hydrogen-bond donors (Lipinski definition) is 10. The monoisotopic (exact) mass is 603 g/mol. The number of fused-ring (bicyclic) bond motifs is 1. The topological polar surface area (TPSA) is 322 Å². The zero-order chi connectivity index (χ0) is 28.9. The number of phosphoric ester groups is 2. The Morgan fingerprint density at radius 3 is 2.44 bits per heavy atom. The van der Waals surface area contributed by atoms with Crippen molar-refractivity contribution in [3.63, 3.8) is 0 Å². The van der Waals surface area contributed by atoms with Gasteiger partial charge in [0.1, 0.15) is 30.5 Å². The average molecular weight is 603 g/mol. The number of nitrogens with two attached hydrogens (primary N) is 1. The number of rotatable bonds is 9. The summed E-state index contributed by atoms with van der Waals surface area (Å²) in [4.78, 5) is 41.8. The van der Waals surface area contributed by atoms with Crippen molar-refractivity contribution in [1.29, 1.82) is 0 Å². The second kappa shape index (κ2) is 11.2. The van der Waals surface area contributed by atoms with Gasteiger partial charge in [0.05, 0.1) is 25.1 Å². The van der Waals surface area contributed by atoms with Gasteiger partial charge in [0.2, 0.25) is 5.95 Å². The Morgan fingerprint density at radius 2 is 1.77 bits per heavy atom. The average Bonchev–Trinajstić information content (AvgIpc) is 3.38. The number of nitrogen functional groups attached to an aromatic ring is 1. The summed E-state index contributed by atoms with van der Waals surface area (Å²) in [7, 11) is -10.9. The number of nitrogens with zero attached hydrogens (tertiary/aromatic N) is 3. The minimum Gasteiger partial charge on any atom is -0.396 e. The lowest BCUT2D eigenvalue weighted by molar-refractivity contribution is -0.160. The first-order valence-electron chi connectivity index (χ1n) is 11.2. The minimum absolute atomic E-state index is 0.102. The second-order valence-electron chi connectivity index (χ2n) is 8.93. The van der Waals surface area contributed by atoms with Gasteiger partial charge in [-0.25, -0.2) is 14.1 Å². The first kappa shape index (κ1) is 30.1. The van der Waals surface area contributed by atoms with Crippen molar-refractivity contribution in [2.45, 2.75) is 55.4 Å². The molecule has 2 aliphatic rings. The highest BCUT2D eigenvalue weighted by Crippen LogP contribution is 2.61. The van der Waals surface area contributed by atoms with Gasteiger partial charge in [-0.1, -0.05) is 0 Å². The molecule has 1 saturated carbocycles. The van der Waals surface area contributed by atoms with E-state index in [1.54, 1.807) is 0 Å². The summed E-state index contributed by atoms with van der Waals surface area (Å²) in [6.45, 7) is -1.64. The molecule has 2 aromatic rings. The number of hydrogen-bond acceptors (Lipinski definition) is 16. The number of H-pyrrole nitrogens is 1. The van der Waals surface area contributed by atoms with Crippen LogP contribution in [0.3, 0.4) is 0 Å². The number of aliphatic hydroxyl groups is 6. The van der Waals surface area contributed by atoms with E-state index in [-0.39, 0.29) is 17.1 Å². The van der Waals surface area contributed by atoms with Gasteiger partial charge in [0.25, 0.3) is 5.56 Å². The maximum Gasteiger partial charge on any atom is 0.481 e. The Balaban J connectivity index is 1.39. The number of anilines is 1. The van der Waals surface area contributed by atoms with Crippen molar-refractivity contribution in [3.05, 3.63) is 16.7 Å². The Morgan fingerprint density at radius 1 is 1.08 bits per heavy atom. The molecule has 0 radical (unpaired) electrons. The van der Waals surface area contributed by atoms with Gasteiger partial charge in [0, 0.05) is 12.5 Å². The third kappa shape index (κ3) is 6.24. The van der Waals surface area contributed by atoms with Crippen LogP contribution in [0.15, 0.2) is 11.1 Å². The molecule has 2 aromatic heterocycles. The van der Waals surface area contributed by atoms with E-state index in [0.29, 0.717) is 0 Å². The fraction of sp³-hybridized carbons (Fsp3) is 0.706. The Kier molecular flexibility index (Phi) is 8.63. The Hall–Kier alpha value is -1.87. The fourth-order valence-corrected chi connectivity index (χ4v) is 6.58. The molecule has 39 heavy (non-hydrogen) atoms. The summed E-state index contributed by atoms with van der Waals surface area (Å²) >= 11 is 0. The first-order valence-corrected chi connectivity index (χ1v) is 14.2. The summed E-state index contributed by atoms with van der Waals surface area (Å²) in [5.41, 5.74) is 4.58. The van der Waals surface area contributed by atoms with E-state index in [2.05, 4.69) is 28.3 Å². The number of ether oxygens (including phenoxy) is 1. The maximum absolute atomic E-state index is 12.3. The molecule has 11 atom stereocenters. The van der Waals surface area contributed by atoms with Gasteiger partial charge in [0.15, 0.2) is 17.4 Å². The lowest BCUT2D eigenvalue weighted by atomic mass is 9.81. The molecule has 6 unspecified atom stereocenters. The highest BCUT2D eigenvalue weighted by Gasteiger charge is 2.49. The smallest absolute Gasteiger partial charge is 0.396 e. The predicted molar refractivity (Wildman–Crippen MR) is 123 cm³/mol. The summed E-state index contributed by atoms with van der Waals surface area (Å²) in [5.74, 6) is -1.32. The van der Waals surface area contributed by atoms with Crippen LogP contribution in [0.25, 0.3) is 11.2 Å². The van der Waals surface area contributed by atoms with E-state index in [9.17, 15) is 54.4 Å². The van der Waals surface area contributed by atoms with E-state index in [1.165, 1.54) is 0 Å². The third-order valence-electron chi connectivity index (χ3n) is 6.27. The molecule has 3 heterocycles. The van der Waals surface area contributed by atoms with Gasteiger partial charge in [-0.05, 0) is 6.42 Å². The van der Waals surface area contributed by atoms with E-state index in [0.717, 1.165) is 10.9 Å². The number of phosphoric acid groups is 2. The van der Waals surface area contributed by atoms with Crippen LogP contribution < -0.4 is 11.3 Å². The molecule has 0 amide bonds. The quantitative estimate of drug-likeness (QED) is 0.122. The molecule has 22 heteroatoms. The van der Waals surface area contributed by atoms with E-state index < -0.39 is 95.7 Å². The summed E-state index contributed by atoms with van der Waals surface area (Å²) < 4.78 is 44.7. The molecular weight excluding hydrogens is 576 g/mol. The van der Waals surface area contributed by atoms with E-state index in [1.807, 2.05) is 0 Å². The molecule has 1 aliphatic carbocycles. The van der Waals surface area contributed by atoms with E-state index >= 15 is 0 Å². The lowest BCUT2D eigenvalue weighted by Gasteiger charge is -2.39. The zero-order valence-electron chi connectivity index (χ0n) is 19.6. The zero-order valence-corrected chi connectivity index (χ0v) is 21.4. The van der Waals surface area contributed by atoms with Crippen LogP contribution in [0.5, 0.6) is 0 Å². The number of imidazole rings is 1. The largest absolute Gasteiger partial charge is 0.481 e. The van der Waals surface area contributed by atoms with Crippen LogP contribution in [0.2, 0.25) is 0 Å². The van der Waals surface area contributed by atoms with Gasteiger partial charge in [-0.3, -0.25) is 23.4 Å². The van der Waals surface area contributed by atoms with Crippen LogP contribution in [-0.4, -0.2) is 116 Å². The van der Waals surface area contributed by atoms with Crippen LogP contribution in [0.1, 0.15) is 12.6 Å². The van der Waals surface area contributed by atoms with Gasteiger partial charge in [-0.15, -0.1) is 0 Å². The van der Waals surface area contributed by atoms with Crippen LogP contribution in [0.4, 0.5) is 5.95 Å². The molecule has 1 saturated heterocycles. The summed E-state index contributed by atoms with van der Waals surface area (Å²) in [6.07, 6.45) is -12.7. The molecule has 11 N–H and O–H groups in total. The SMILES string of the molecule is Nc1nc2c(ncn2[C@@H]2O[C@H](COP(=O)(O)OP(=O)(O)O[C@H]3CC(CO)[C@@H](O)[C@H](O)C3O)C(O)C2O)c(=O)[nH]1. The van der Waals surface area contributed by atoms with Crippen molar-refractivity contribution in [1.82, 2.24) is 19.5 Å². The fourth-order valence-electron chi connectivity index (χ4n) is 4.30. The number of aliphatic hydroxyl groups excluding tert-OH is 6. The number of aromatic nitrogens is 4. The molecular formula is C17H27N5O15P2. The normalized spacial score (nSPS) is 36.6. The Labute approximate surface area is 217 Å². The Bertz CT molecular complexity index is 1340. The molecule has 2 fully saturated rings. The van der Waals surface area contributed by atoms with Crippen molar-refractivity contribution in [3.8, 4) is 0 Å². The maximum atomic E-state index is 12.3. The van der Waals surface area contributed by atoms with Crippen molar-refractivity contribution in [2.24, 2.45) is 5.92 Å². The molecule has 4 rings (SSSR count). The van der Waals surface area contributed by atoms with Gasteiger partial charge < -0.3 is 50.9 Å². The van der Waals surface area contributed by atoms with Crippen LogP contribution >= 0.6 is 15.6 Å². The molecule has 20 nitrogen and oxygen atoms in total. The number of nitrogens with one attached hydrogen (secondary N) is 1. The van der Waals surface area contributed by atoms with Crippen molar-refractivity contribution < 1.29 is 67.7 Å². The first-order chi connectivity index (χ1) is 18.1. The van der Waals surface area contributed by atoms with Gasteiger partial charge >= 0.3 is 15.6 Å². The highest BCUT2D eigenvalue weighted by molar-refractivity contribution is 7.61. The van der Waals surface area contributed by atoms with Gasteiger partial charge in [-0.2, -0.15) is 9.29 Å². The third-order valence-corrected chi connectivity index (χ3v) is 8.94. The standard InChI is InChI=1S/C17H27N5O15P2/c18-17-20-14-8(15(29)21-17)19-4-22(14)16-13(28)11(26)7(35-16)3-34-38(30,31)37-39(32,33)36-6-1-5(2-23)9(24)12(27)10(6)25/h4-7,9-13,16,23-28H,1-3H2,(H,30,31)(H,32,33)(H3,18,20,21,29)/t5?,6-,7+,9+,10?,11?,12-,13?,16+/m0/s1. The molecule has 0 aromatic carbocycles. The van der Waals surface area contributed by atoms with Crippen molar-refractivity contribution >= 4 is 32.8 Å². The summed E-state index contributed by atoms with van der Waals surface area (Å²) in [6, 6.07) is 0. The molecule has 0 bridgehead atoms. The summed E-state index contributed by atoms with van der Waals surface area (Å²) in [5, 5.41) is 59.7. The van der Waals surface area contributed by atoms with E-state index in [4.69, 9.17) is 10.5 Å². The number of aromatic amines is 1. The van der Waals surface area contributed by atoms with Crippen LogP contribution in [0, 0.1) is 5.92 Å². The molecule has 220 valence electrons. The predicted octanol–water partition coefficient (Wildman–Crippen LogP) is -3.96. The van der Waals surface area contributed by atoms with Crippen LogP contribution in [-0.2, 0) is 27.2 Å². The van der Waals surface area contributed by atoms with Crippen molar-refractivity contribution in [2.75, 3.05) is 18.9 Å². The highest BCUT2D eigenvalue weighted by atomic mass is 31.3.